The summed E-state index contributed by atoms with van der Waals surface area (Å²) in [7, 11) is 0. The molecule has 1 aromatic heterocycles. The first-order valence-corrected chi connectivity index (χ1v) is 10.3. The highest BCUT2D eigenvalue weighted by molar-refractivity contribution is 8.01. The Morgan fingerprint density at radius 1 is 1.32 bits per heavy atom. The Labute approximate surface area is 161 Å². The Morgan fingerprint density at radius 3 is 2.72 bits per heavy atom. The summed E-state index contributed by atoms with van der Waals surface area (Å²) < 4.78 is 6.59. The summed E-state index contributed by atoms with van der Waals surface area (Å²) in [4.78, 5) is 11.9. The molecule has 0 spiro atoms. The molecule has 5 nitrogen and oxygen atoms in total. The zero-order valence-corrected chi connectivity index (χ0v) is 17.0. The van der Waals surface area contributed by atoms with Gasteiger partial charge in [-0.15, -0.1) is 10.2 Å². The molecule has 1 heterocycles. The van der Waals surface area contributed by atoms with E-state index in [4.69, 9.17) is 16.3 Å². The van der Waals surface area contributed by atoms with Crippen molar-refractivity contribution >= 4 is 45.7 Å². The molecule has 0 saturated heterocycles. The largest absolute Gasteiger partial charge is 0.494 e. The minimum Gasteiger partial charge on any atom is -0.494 e. The van der Waals surface area contributed by atoms with Gasteiger partial charge in [-0.3, -0.25) is 4.79 Å². The lowest BCUT2D eigenvalue weighted by molar-refractivity contribution is -0.116. The number of thioether (sulfide) groups is 1. The average molecular weight is 400 g/mol. The number of benzene rings is 1. The number of anilines is 1. The molecule has 8 heteroatoms. The van der Waals surface area contributed by atoms with Crippen LogP contribution in [0.15, 0.2) is 16.5 Å². The van der Waals surface area contributed by atoms with E-state index in [-0.39, 0.29) is 5.91 Å². The maximum absolute atomic E-state index is 11.9. The van der Waals surface area contributed by atoms with Gasteiger partial charge in [-0.1, -0.05) is 41.6 Å². The predicted molar refractivity (Wildman–Crippen MR) is 105 cm³/mol. The van der Waals surface area contributed by atoms with Crippen LogP contribution in [0.2, 0.25) is 5.02 Å². The Morgan fingerprint density at radius 2 is 2.04 bits per heavy atom. The lowest BCUT2D eigenvalue weighted by Gasteiger charge is -2.09. The van der Waals surface area contributed by atoms with Crippen molar-refractivity contribution in [2.75, 3.05) is 17.7 Å². The molecule has 0 saturated carbocycles. The van der Waals surface area contributed by atoms with E-state index >= 15 is 0 Å². The van der Waals surface area contributed by atoms with Gasteiger partial charge < -0.3 is 10.1 Å². The molecule has 0 aliphatic rings. The van der Waals surface area contributed by atoms with Crippen LogP contribution in [0.5, 0.6) is 5.75 Å². The molecule has 1 amide bonds. The number of ether oxygens (including phenoxy) is 1. The van der Waals surface area contributed by atoms with E-state index in [0.29, 0.717) is 24.6 Å². The number of hydrogen-bond donors (Lipinski definition) is 1. The molecule has 2 aromatic rings. The Hall–Kier alpha value is -1.31. The minimum absolute atomic E-state index is 0.0738. The van der Waals surface area contributed by atoms with Crippen molar-refractivity contribution in [3.05, 3.63) is 28.3 Å². The lowest BCUT2D eigenvalue weighted by Crippen LogP contribution is -2.12. The van der Waals surface area contributed by atoms with E-state index in [1.54, 1.807) is 11.8 Å². The Bertz CT molecular complexity index is 699. The van der Waals surface area contributed by atoms with Gasteiger partial charge in [-0.2, -0.15) is 0 Å². The summed E-state index contributed by atoms with van der Waals surface area (Å²) in [5, 5.41) is 12.1. The monoisotopic (exact) mass is 399 g/mol. The summed E-state index contributed by atoms with van der Waals surface area (Å²) in [6.45, 7) is 6.49. The third-order valence-electron chi connectivity index (χ3n) is 3.31. The van der Waals surface area contributed by atoms with Gasteiger partial charge in [0.2, 0.25) is 11.0 Å². The van der Waals surface area contributed by atoms with E-state index in [1.165, 1.54) is 11.3 Å². The second-order valence-electron chi connectivity index (χ2n) is 5.59. The minimum atomic E-state index is -0.0738. The topological polar surface area (TPSA) is 64.1 Å². The lowest BCUT2D eigenvalue weighted by atomic mass is 10.1. The first-order valence-electron chi connectivity index (χ1n) is 8.15. The average Bonchev–Trinajstić information content (AvgIpc) is 3.01. The number of rotatable bonds is 9. The molecule has 2 rings (SSSR count). The smallest absolute Gasteiger partial charge is 0.226 e. The molecule has 0 atom stereocenters. The van der Waals surface area contributed by atoms with Crippen LogP contribution in [0.25, 0.3) is 0 Å². The van der Waals surface area contributed by atoms with Crippen molar-refractivity contribution in [2.24, 2.45) is 0 Å². The molecule has 1 N–H and O–H groups in total. The number of amides is 1. The second-order valence-corrected chi connectivity index (χ2v) is 8.29. The number of carbonyl (C=O) groups is 1. The second kappa shape index (κ2) is 9.99. The first kappa shape index (κ1) is 20.0. The molecular formula is C17H22ClN3O2S2. The van der Waals surface area contributed by atoms with Crippen molar-refractivity contribution < 1.29 is 9.53 Å². The summed E-state index contributed by atoms with van der Waals surface area (Å²) in [6, 6.07) is 3.82. The third-order valence-corrected chi connectivity index (χ3v) is 6.08. The molecule has 25 heavy (non-hydrogen) atoms. The van der Waals surface area contributed by atoms with Gasteiger partial charge in [-0.05, 0) is 49.9 Å². The van der Waals surface area contributed by atoms with Crippen molar-refractivity contribution in [3.8, 4) is 5.75 Å². The zero-order chi connectivity index (χ0) is 18.2. The summed E-state index contributed by atoms with van der Waals surface area (Å²) in [5.41, 5.74) is 1.98. The van der Waals surface area contributed by atoms with Crippen molar-refractivity contribution in [1.29, 1.82) is 0 Å². The van der Waals surface area contributed by atoms with E-state index in [1.807, 2.05) is 26.0 Å². The summed E-state index contributed by atoms with van der Waals surface area (Å²) in [5.74, 6) is 1.71. The molecule has 0 bridgehead atoms. The molecule has 0 unspecified atom stereocenters. The summed E-state index contributed by atoms with van der Waals surface area (Å²) in [6.07, 6.45) is 2.09. The van der Waals surface area contributed by atoms with E-state index in [2.05, 4.69) is 22.4 Å². The maximum Gasteiger partial charge on any atom is 0.226 e. The van der Waals surface area contributed by atoms with Gasteiger partial charge >= 0.3 is 0 Å². The number of aromatic nitrogens is 2. The number of nitrogens with zero attached hydrogens (tertiary/aromatic N) is 2. The Kier molecular flexibility index (Phi) is 7.99. The van der Waals surface area contributed by atoms with Gasteiger partial charge in [0.05, 0.1) is 6.61 Å². The van der Waals surface area contributed by atoms with E-state index in [9.17, 15) is 4.79 Å². The van der Waals surface area contributed by atoms with Crippen LogP contribution >= 0.6 is 34.7 Å². The van der Waals surface area contributed by atoms with Crippen LogP contribution in [-0.4, -0.2) is 28.5 Å². The van der Waals surface area contributed by atoms with Gasteiger partial charge in [0, 0.05) is 17.2 Å². The normalized spacial score (nSPS) is 10.7. The van der Waals surface area contributed by atoms with Crippen LogP contribution in [0.4, 0.5) is 5.13 Å². The number of aryl methyl sites for hydroxylation is 2. The maximum atomic E-state index is 11.9. The first-order chi connectivity index (χ1) is 12.0. The number of nitrogens with one attached hydrogen (secondary N) is 1. The van der Waals surface area contributed by atoms with Crippen molar-refractivity contribution in [3.63, 3.8) is 0 Å². The fraction of sp³-hybridized carbons (Fsp3) is 0.471. The highest BCUT2D eigenvalue weighted by Gasteiger charge is 2.09. The number of carbonyl (C=O) groups excluding carboxylic acids is 1. The summed E-state index contributed by atoms with van der Waals surface area (Å²) >= 11 is 9.20. The predicted octanol–water partition coefficient (Wildman–Crippen LogP) is 5.11. The van der Waals surface area contributed by atoms with E-state index < -0.39 is 0 Å². The third kappa shape index (κ3) is 6.49. The van der Waals surface area contributed by atoms with Gasteiger partial charge in [-0.25, -0.2) is 0 Å². The van der Waals surface area contributed by atoms with Gasteiger partial charge in [0.25, 0.3) is 0 Å². The number of hydrogen-bond acceptors (Lipinski definition) is 6. The fourth-order valence-corrected chi connectivity index (χ4v) is 3.90. The molecule has 0 aliphatic carbocycles. The van der Waals surface area contributed by atoms with Gasteiger partial charge in [0.15, 0.2) is 4.34 Å². The van der Waals surface area contributed by atoms with Crippen LogP contribution in [0.1, 0.15) is 37.3 Å². The van der Waals surface area contributed by atoms with Crippen LogP contribution < -0.4 is 10.1 Å². The van der Waals surface area contributed by atoms with Crippen LogP contribution in [0, 0.1) is 13.8 Å². The molecule has 0 aliphatic heterocycles. The highest BCUT2D eigenvalue weighted by Crippen LogP contribution is 2.27. The highest BCUT2D eigenvalue weighted by atomic mass is 35.5. The fourth-order valence-electron chi connectivity index (χ4n) is 2.10. The number of halogens is 1. The van der Waals surface area contributed by atoms with Crippen LogP contribution in [-0.2, 0) is 4.79 Å². The molecule has 0 fully saturated rings. The standard InChI is InChI=1S/C17H22ClN3O2S2/c1-4-8-24-17-21-20-16(25-17)19-14(22)6-5-7-23-13-9-11(2)15(18)12(3)10-13/h9-10H,4-8H2,1-3H3,(H,19,20,22). The molecule has 136 valence electrons. The molecular weight excluding hydrogens is 378 g/mol. The quantitative estimate of drug-likeness (QED) is 0.360. The SMILES string of the molecule is CCCSc1nnc(NC(=O)CCCOc2cc(C)c(Cl)c(C)c2)s1. The molecule has 0 radical (unpaired) electrons. The zero-order valence-electron chi connectivity index (χ0n) is 14.6. The Balaban J connectivity index is 1.71. The van der Waals surface area contributed by atoms with Gasteiger partial charge in [0.1, 0.15) is 5.75 Å². The molecule has 1 aromatic carbocycles. The van der Waals surface area contributed by atoms with Crippen molar-refractivity contribution in [1.82, 2.24) is 10.2 Å². The van der Waals surface area contributed by atoms with Crippen LogP contribution in [0.3, 0.4) is 0 Å². The van der Waals surface area contributed by atoms with Crippen molar-refractivity contribution in [2.45, 2.75) is 44.4 Å². The van der Waals surface area contributed by atoms with E-state index in [0.717, 1.165) is 38.4 Å².